The van der Waals surface area contributed by atoms with Gasteiger partial charge in [0.15, 0.2) is 11.5 Å². The molecule has 2 aromatic carbocycles. The summed E-state index contributed by atoms with van der Waals surface area (Å²) >= 11 is 3.20. The Kier molecular flexibility index (Phi) is 5.62. The third-order valence-corrected chi connectivity index (χ3v) is 4.63. The number of aromatic hydroxyl groups is 1. The molecule has 2 rings (SSSR count). The quantitative estimate of drug-likeness (QED) is 0.578. The standard InChI is InChI=1S/C15H15BrN2O4S/c1-2-22-14-9-11(8-13(16)15(14)19)10-17-18-23(20,21)12-6-4-3-5-7-12/h3-10,18-19H,2H2,1H3/b17-10-. The van der Waals surface area contributed by atoms with E-state index in [0.29, 0.717) is 16.6 Å². The monoisotopic (exact) mass is 398 g/mol. The number of benzene rings is 2. The van der Waals surface area contributed by atoms with Crippen molar-refractivity contribution >= 4 is 32.2 Å². The lowest BCUT2D eigenvalue weighted by molar-refractivity contribution is 0.317. The summed E-state index contributed by atoms with van der Waals surface area (Å²) < 4.78 is 29.7. The predicted octanol–water partition coefficient (Wildman–Crippen LogP) is 2.87. The molecule has 23 heavy (non-hydrogen) atoms. The van der Waals surface area contributed by atoms with Gasteiger partial charge in [-0.1, -0.05) is 18.2 Å². The van der Waals surface area contributed by atoms with E-state index in [2.05, 4.69) is 25.9 Å². The molecule has 0 spiro atoms. The Morgan fingerprint density at radius 2 is 2.00 bits per heavy atom. The maximum absolute atomic E-state index is 12.0. The molecule has 0 amide bonds. The predicted molar refractivity (Wildman–Crippen MR) is 91.3 cm³/mol. The Balaban J connectivity index is 2.18. The molecule has 0 heterocycles. The summed E-state index contributed by atoms with van der Waals surface area (Å²) in [5.74, 6) is 0.267. The molecule has 2 N–H and O–H groups in total. The molecular formula is C15H15BrN2O4S. The molecule has 122 valence electrons. The number of hydrogen-bond donors (Lipinski definition) is 2. The minimum atomic E-state index is -3.71. The number of nitrogens with zero attached hydrogens (tertiary/aromatic N) is 1. The number of phenols is 1. The zero-order chi connectivity index (χ0) is 16.9. The van der Waals surface area contributed by atoms with Gasteiger partial charge in [-0.25, -0.2) is 4.83 Å². The van der Waals surface area contributed by atoms with Crippen molar-refractivity contribution in [3.63, 3.8) is 0 Å². The maximum Gasteiger partial charge on any atom is 0.276 e. The highest BCUT2D eigenvalue weighted by molar-refractivity contribution is 9.10. The van der Waals surface area contributed by atoms with E-state index in [4.69, 9.17) is 4.74 Å². The van der Waals surface area contributed by atoms with Gasteiger partial charge in [-0.2, -0.15) is 13.5 Å². The number of rotatable bonds is 6. The summed E-state index contributed by atoms with van der Waals surface area (Å²) in [5.41, 5.74) is 0.564. The number of hydrogen-bond acceptors (Lipinski definition) is 5. The van der Waals surface area contributed by atoms with Gasteiger partial charge in [-0.3, -0.25) is 0 Å². The molecule has 0 atom stereocenters. The van der Waals surface area contributed by atoms with Crippen LogP contribution in [0.15, 0.2) is 56.9 Å². The van der Waals surface area contributed by atoms with Crippen molar-refractivity contribution in [2.45, 2.75) is 11.8 Å². The maximum atomic E-state index is 12.0. The third kappa shape index (κ3) is 4.46. The number of hydrazone groups is 1. The normalized spacial score (nSPS) is 11.6. The molecule has 0 bridgehead atoms. The summed E-state index contributed by atoms with van der Waals surface area (Å²) in [7, 11) is -3.71. The van der Waals surface area contributed by atoms with Crippen molar-refractivity contribution in [1.29, 1.82) is 0 Å². The van der Waals surface area contributed by atoms with Crippen molar-refractivity contribution < 1.29 is 18.3 Å². The Hall–Kier alpha value is -2.06. The van der Waals surface area contributed by atoms with Crippen LogP contribution in [0.4, 0.5) is 0 Å². The second-order valence-electron chi connectivity index (χ2n) is 4.45. The number of nitrogens with one attached hydrogen (secondary N) is 1. The lowest BCUT2D eigenvalue weighted by Crippen LogP contribution is -2.18. The van der Waals surface area contributed by atoms with Gasteiger partial charge in [0.1, 0.15) is 0 Å². The number of sulfonamides is 1. The highest BCUT2D eigenvalue weighted by atomic mass is 79.9. The molecule has 0 unspecified atom stereocenters. The van der Waals surface area contributed by atoms with Crippen molar-refractivity contribution in [2.24, 2.45) is 5.10 Å². The molecule has 0 aliphatic carbocycles. The first-order chi connectivity index (χ1) is 10.9. The van der Waals surface area contributed by atoms with E-state index in [0.717, 1.165) is 0 Å². The van der Waals surface area contributed by atoms with Crippen LogP contribution in [0.2, 0.25) is 0 Å². The summed E-state index contributed by atoms with van der Waals surface area (Å²) in [6, 6.07) is 11.1. The largest absolute Gasteiger partial charge is 0.503 e. The minimum absolute atomic E-state index is 0.0196. The van der Waals surface area contributed by atoms with Crippen LogP contribution in [-0.2, 0) is 10.0 Å². The molecule has 2 aromatic rings. The third-order valence-electron chi connectivity index (χ3n) is 2.79. The van der Waals surface area contributed by atoms with Crippen molar-refractivity contribution in [2.75, 3.05) is 6.61 Å². The molecule has 8 heteroatoms. The van der Waals surface area contributed by atoms with Crippen LogP contribution in [0.1, 0.15) is 12.5 Å². The Morgan fingerprint density at radius 1 is 1.30 bits per heavy atom. The van der Waals surface area contributed by atoms with E-state index in [1.54, 1.807) is 37.3 Å². The average molecular weight is 399 g/mol. The van der Waals surface area contributed by atoms with E-state index in [1.165, 1.54) is 18.3 Å². The van der Waals surface area contributed by atoms with E-state index >= 15 is 0 Å². The Bertz CT molecular complexity index is 808. The minimum Gasteiger partial charge on any atom is -0.503 e. The molecule has 6 nitrogen and oxygen atoms in total. The van der Waals surface area contributed by atoms with Gasteiger partial charge < -0.3 is 9.84 Å². The highest BCUT2D eigenvalue weighted by Gasteiger charge is 2.12. The summed E-state index contributed by atoms with van der Waals surface area (Å²) in [6.07, 6.45) is 1.33. The zero-order valence-corrected chi connectivity index (χ0v) is 14.6. The fourth-order valence-electron chi connectivity index (χ4n) is 1.76. The lowest BCUT2D eigenvalue weighted by atomic mass is 10.2. The SMILES string of the molecule is CCOc1cc(/C=N\NS(=O)(=O)c2ccccc2)cc(Br)c1O. The Labute approximate surface area is 143 Å². The van der Waals surface area contributed by atoms with Crippen molar-refractivity contribution in [3.8, 4) is 11.5 Å². The highest BCUT2D eigenvalue weighted by Crippen LogP contribution is 2.35. The first-order valence-electron chi connectivity index (χ1n) is 6.69. The van der Waals surface area contributed by atoms with Gasteiger partial charge in [0.2, 0.25) is 0 Å². The van der Waals surface area contributed by atoms with Gasteiger partial charge in [0.05, 0.1) is 22.2 Å². The van der Waals surface area contributed by atoms with Crippen LogP contribution in [0, 0.1) is 0 Å². The van der Waals surface area contributed by atoms with Gasteiger partial charge >= 0.3 is 0 Å². The first-order valence-corrected chi connectivity index (χ1v) is 8.97. The van der Waals surface area contributed by atoms with Crippen molar-refractivity contribution in [3.05, 3.63) is 52.5 Å². The molecule has 0 fully saturated rings. The number of halogens is 1. The molecule has 0 saturated carbocycles. The van der Waals surface area contributed by atoms with Crippen LogP contribution in [0.25, 0.3) is 0 Å². The first kappa shape index (κ1) is 17.3. The second-order valence-corrected chi connectivity index (χ2v) is 6.96. The fourth-order valence-corrected chi connectivity index (χ4v) is 3.03. The van der Waals surface area contributed by atoms with Gasteiger partial charge in [0.25, 0.3) is 10.0 Å². The Morgan fingerprint density at radius 3 is 2.65 bits per heavy atom. The second kappa shape index (κ2) is 7.47. The van der Waals surface area contributed by atoms with Crippen LogP contribution >= 0.6 is 15.9 Å². The van der Waals surface area contributed by atoms with Gasteiger partial charge in [-0.05, 0) is 52.7 Å². The van der Waals surface area contributed by atoms with Crippen LogP contribution < -0.4 is 9.57 Å². The van der Waals surface area contributed by atoms with Crippen LogP contribution in [-0.4, -0.2) is 26.3 Å². The average Bonchev–Trinajstić information content (AvgIpc) is 2.53. The molecular weight excluding hydrogens is 384 g/mol. The van der Waals surface area contributed by atoms with Crippen LogP contribution in [0.5, 0.6) is 11.5 Å². The smallest absolute Gasteiger partial charge is 0.276 e. The topological polar surface area (TPSA) is 88.0 Å². The molecule has 0 aliphatic heterocycles. The van der Waals surface area contributed by atoms with E-state index in [1.807, 2.05) is 0 Å². The summed E-state index contributed by atoms with van der Waals surface area (Å²) in [5, 5.41) is 13.6. The van der Waals surface area contributed by atoms with Crippen molar-refractivity contribution in [1.82, 2.24) is 4.83 Å². The molecule has 0 radical (unpaired) electrons. The lowest BCUT2D eigenvalue weighted by Gasteiger charge is -2.08. The van der Waals surface area contributed by atoms with Gasteiger partial charge in [-0.15, -0.1) is 0 Å². The molecule has 0 saturated heterocycles. The van der Waals surface area contributed by atoms with Gasteiger partial charge in [0, 0.05) is 0 Å². The van der Waals surface area contributed by atoms with Crippen LogP contribution in [0.3, 0.4) is 0 Å². The van der Waals surface area contributed by atoms with E-state index in [-0.39, 0.29) is 16.4 Å². The molecule has 0 aliphatic rings. The molecule has 0 aromatic heterocycles. The van der Waals surface area contributed by atoms with E-state index in [9.17, 15) is 13.5 Å². The number of phenolic OH excluding ortho intramolecular Hbond substituents is 1. The summed E-state index contributed by atoms with van der Waals surface area (Å²) in [4.78, 5) is 2.26. The fraction of sp³-hybridized carbons (Fsp3) is 0.133. The summed E-state index contributed by atoms with van der Waals surface area (Å²) in [6.45, 7) is 2.18. The zero-order valence-electron chi connectivity index (χ0n) is 12.2. The van der Waals surface area contributed by atoms with E-state index < -0.39 is 10.0 Å². The number of ether oxygens (including phenoxy) is 1.